The van der Waals surface area contributed by atoms with E-state index in [1.54, 1.807) is 0 Å². The highest BCUT2D eigenvalue weighted by Gasteiger charge is 2.11. The van der Waals surface area contributed by atoms with Gasteiger partial charge in [-0.05, 0) is 32.4 Å². The number of rotatable bonds is 3. The summed E-state index contributed by atoms with van der Waals surface area (Å²) in [5.41, 5.74) is 6.63. The highest BCUT2D eigenvalue weighted by Crippen LogP contribution is 2.10. The van der Waals surface area contributed by atoms with Gasteiger partial charge in [-0.2, -0.15) is 0 Å². The number of nitrogens with one attached hydrogen (secondary N) is 1. The lowest BCUT2D eigenvalue weighted by Crippen LogP contribution is -2.59. The highest BCUT2D eigenvalue weighted by atomic mass is 16.1. The van der Waals surface area contributed by atoms with Crippen molar-refractivity contribution >= 4 is 5.91 Å². The maximum Gasteiger partial charge on any atom is 0.251 e. The molecular weight excluding hydrogens is 188 g/mol. The Morgan fingerprint density at radius 1 is 1.47 bits per heavy atom. The van der Waals surface area contributed by atoms with Gasteiger partial charge < -0.3 is 11.1 Å². The summed E-state index contributed by atoms with van der Waals surface area (Å²) >= 11 is 0. The Balaban J connectivity index is 2.86. The molecule has 0 spiro atoms. The third kappa shape index (κ3) is 3.06. The van der Waals surface area contributed by atoms with E-state index < -0.39 is 0 Å². The van der Waals surface area contributed by atoms with E-state index >= 15 is 0 Å². The molecule has 0 radical (unpaired) electrons. The van der Waals surface area contributed by atoms with Gasteiger partial charge in [0.15, 0.2) is 0 Å². The molecule has 0 saturated heterocycles. The molecule has 1 aromatic carbocycles. The third-order valence-corrected chi connectivity index (χ3v) is 2.45. The van der Waals surface area contributed by atoms with Gasteiger partial charge in [0.2, 0.25) is 0 Å². The summed E-state index contributed by atoms with van der Waals surface area (Å²) in [5.74, 6) is -0.00708. The van der Waals surface area contributed by atoms with E-state index in [1.165, 1.54) is 0 Å². The first kappa shape index (κ1) is 11.7. The van der Waals surface area contributed by atoms with Crippen LogP contribution in [0, 0.1) is 13.8 Å². The van der Waals surface area contributed by atoms with Crippen LogP contribution in [0.15, 0.2) is 18.2 Å². The van der Waals surface area contributed by atoms with Gasteiger partial charge in [-0.15, -0.1) is 0 Å². The van der Waals surface area contributed by atoms with E-state index in [9.17, 15) is 4.79 Å². The Morgan fingerprint density at radius 2 is 2.13 bits per heavy atom. The number of aryl methyl sites for hydroxylation is 2. The fourth-order valence-electron chi connectivity index (χ4n) is 1.35. The van der Waals surface area contributed by atoms with E-state index in [2.05, 4.69) is 11.1 Å². The zero-order valence-corrected chi connectivity index (χ0v) is 9.63. The number of benzene rings is 1. The first-order valence-electron chi connectivity index (χ1n) is 5.22. The van der Waals surface area contributed by atoms with Crippen molar-refractivity contribution in [3.8, 4) is 0 Å². The fourth-order valence-corrected chi connectivity index (χ4v) is 1.35. The second kappa shape index (κ2) is 4.94. The molecule has 82 valence electrons. The Kier molecular flexibility index (Phi) is 3.86. The molecule has 0 heterocycles. The maximum absolute atomic E-state index is 11.8. The minimum atomic E-state index is -0.00708. The van der Waals surface area contributed by atoms with Crippen LogP contribution in [0.4, 0.5) is 0 Å². The Labute approximate surface area is 90.7 Å². The lowest BCUT2D eigenvalue weighted by Gasteiger charge is -2.11. The van der Waals surface area contributed by atoms with Gasteiger partial charge in [-0.3, -0.25) is 4.79 Å². The van der Waals surface area contributed by atoms with Gasteiger partial charge in [0.25, 0.3) is 5.91 Å². The second-order valence-corrected chi connectivity index (χ2v) is 3.98. The molecule has 0 saturated carbocycles. The summed E-state index contributed by atoms with van der Waals surface area (Å²) < 4.78 is 0. The van der Waals surface area contributed by atoms with Crippen molar-refractivity contribution in [3.63, 3.8) is 0 Å². The number of carbonyl (C=O) groups is 1. The summed E-state index contributed by atoms with van der Waals surface area (Å²) in [7, 11) is 0. The number of carbonyl (C=O) groups excluding carboxylic acids is 1. The quantitative estimate of drug-likeness (QED) is 0.751. The van der Waals surface area contributed by atoms with Crippen molar-refractivity contribution in [2.24, 2.45) is 0 Å². The molecule has 1 amide bonds. The summed E-state index contributed by atoms with van der Waals surface area (Å²) in [6.45, 7) is 6.59. The van der Waals surface area contributed by atoms with E-state index in [0.717, 1.165) is 16.7 Å². The predicted molar refractivity (Wildman–Crippen MR) is 60.6 cm³/mol. The molecular formula is C12H19N2O+. The number of quaternary nitrogens is 1. The van der Waals surface area contributed by atoms with Crippen molar-refractivity contribution in [2.45, 2.75) is 26.8 Å². The van der Waals surface area contributed by atoms with Crippen molar-refractivity contribution in [1.82, 2.24) is 5.32 Å². The van der Waals surface area contributed by atoms with Crippen molar-refractivity contribution in [1.29, 1.82) is 0 Å². The van der Waals surface area contributed by atoms with E-state index in [-0.39, 0.29) is 11.9 Å². The van der Waals surface area contributed by atoms with Crippen molar-refractivity contribution in [2.75, 3.05) is 6.54 Å². The molecule has 0 fully saturated rings. The average Bonchev–Trinajstić information content (AvgIpc) is 2.21. The van der Waals surface area contributed by atoms with Gasteiger partial charge in [0.1, 0.15) is 0 Å². The van der Waals surface area contributed by atoms with Crippen LogP contribution in [0.3, 0.4) is 0 Å². The highest BCUT2D eigenvalue weighted by molar-refractivity contribution is 5.95. The van der Waals surface area contributed by atoms with Crippen LogP contribution in [-0.4, -0.2) is 18.5 Å². The van der Waals surface area contributed by atoms with Gasteiger partial charge >= 0.3 is 0 Å². The molecule has 3 heteroatoms. The average molecular weight is 207 g/mol. The number of hydrogen-bond donors (Lipinski definition) is 2. The van der Waals surface area contributed by atoms with Crippen LogP contribution >= 0.6 is 0 Å². The van der Waals surface area contributed by atoms with E-state index in [1.807, 2.05) is 39.0 Å². The third-order valence-electron chi connectivity index (χ3n) is 2.45. The topological polar surface area (TPSA) is 56.7 Å². The molecule has 1 atom stereocenters. The fraction of sp³-hybridized carbons (Fsp3) is 0.417. The normalized spacial score (nSPS) is 12.3. The molecule has 0 aliphatic rings. The summed E-state index contributed by atoms with van der Waals surface area (Å²) in [6.07, 6.45) is 0. The Bertz CT molecular complexity index is 361. The number of amides is 1. The molecule has 0 unspecified atom stereocenters. The lowest BCUT2D eigenvalue weighted by molar-refractivity contribution is -0.371. The minimum absolute atomic E-state index is 0.00708. The molecule has 3 nitrogen and oxygen atoms in total. The van der Waals surface area contributed by atoms with Crippen LogP contribution < -0.4 is 11.1 Å². The molecule has 0 aliphatic heterocycles. The van der Waals surface area contributed by atoms with Crippen molar-refractivity contribution < 1.29 is 10.5 Å². The van der Waals surface area contributed by atoms with Gasteiger partial charge in [0.05, 0.1) is 12.6 Å². The van der Waals surface area contributed by atoms with E-state index in [4.69, 9.17) is 0 Å². The smallest absolute Gasteiger partial charge is 0.251 e. The van der Waals surface area contributed by atoms with E-state index in [0.29, 0.717) is 6.54 Å². The minimum Gasteiger partial charge on any atom is -0.356 e. The van der Waals surface area contributed by atoms with Crippen LogP contribution in [0.1, 0.15) is 28.4 Å². The van der Waals surface area contributed by atoms with Crippen LogP contribution in [0.2, 0.25) is 0 Å². The molecule has 0 bridgehead atoms. The first-order valence-corrected chi connectivity index (χ1v) is 5.22. The van der Waals surface area contributed by atoms with Gasteiger partial charge in [-0.1, -0.05) is 17.7 Å². The summed E-state index contributed by atoms with van der Waals surface area (Å²) in [4.78, 5) is 11.8. The molecule has 15 heavy (non-hydrogen) atoms. The summed E-state index contributed by atoms with van der Waals surface area (Å²) in [6, 6.07) is 6.02. The second-order valence-electron chi connectivity index (χ2n) is 3.98. The van der Waals surface area contributed by atoms with Crippen molar-refractivity contribution in [3.05, 3.63) is 34.9 Å². The van der Waals surface area contributed by atoms with Crippen LogP contribution in [0.25, 0.3) is 0 Å². The zero-order chi connectivity index (χ0) is 11.4. The van der Waals surface area contributed by atoms with Gasteiger partial charge in [-0.25, -0.2) is 0 Å². The lowest BCUT2D eigenvalue weighted by atomic mass is 10.0. The first-order chi connectivity index (χ1) is 7.04. The van der Waals surface area contributed by atoms with Gasteiger partial charge in [0, 0.05) is 5.56 Å². The molecule has 0 aromatic heterocycles. The molecule has 4 N–H and O–H groups in total. The van der Waals surface area contributed by atoms with Crippen LogP contribution in [0.5, 0.6) is 0 Å². The molecule has 0 aliphatic carbocycles. The maximum atomic E-state index is 11.8. The van der Waals surface area contributed by atoms with Crippen LogP contribution in [-0.2, 0) is 0 Å². The number of hydrogen-bond acceptors (Lipinski definition) is 1. The SMILES string of the molecule is Cc1ccc(C)c(C(=O)N[C@@H](C)C[NH3+])c1. The molecule has 1 aromatic rings. The largest absolute Gasteiger partial charge is 0.356 e. The molecule has 1 rings (SSSR count). The Hall–Kier alpha value is -1.35. The predicted octanol–water partition coefficient (Wildman–Crippen LogP) is 0.664. The summed E-state index contributed by atoms with van der Waals surface area (Å²) in [5, 5.41) is 2.91. The Morgan fingerprint density at radius 3 is 2.73 bits per heavy atom. The zero-order valence-electron chi connectivity index (χ0n) is 9.63. The standard InChI is InChI=1S/C12H18N2O/c1-8-4-5-9(2)11(6-8)12(15)14-10(3)7-13/h4-6,10H,7,13H2,1-3H3,(H,14,15)/p+1/t10-/m0/s1. The monoisotopic (exact) mass is 207 g/mol.